The Hall–Kier alpha value is -0.770. The number of carbonyl (C=O) groups is 1. The normalized spacial score (nSPS) is 33.2. The van der Waals surface area contributed by atoms with Crippen molar-refractivity contribution >= 4 is 6.09 Å². The smallest absolute Gasteiger partial charge is 0.407 e. The topological polar surface area (TPSA) is 64.3 Å². The predicted octanol–water partition coefficient (Wildman–Crippen LogP) is 1.89. The quantitative estimate of drug-likeness (QED) is 0.758. The second-order valence-corrected chi connectivity index (χ2v) is 6.10. The Balaban J connectivity index is 2.69. The number of hydrogen-bond donors (Lipinski definition) is 2. The minimum Gasteiger partial charge on any atom is -0.453 e. The van der Waals surface area contributed by atoms with Crippen LogP contribution in [0.2, 0.25) is 0 Å². The molecule has 0 spiro atoms. The average Bonchev–Trinajstić information content (AvgIpc) is 2.14. The number of amides is 1. The van der Waals surface area contributed by atoms with Crippen LogP contribution in [-0.2, 0) is 4.74 Å². The molecule has 1 saturated carbocycles. The van der Waals surface area contributed by atoms with E-state index in [1.54, 1.807) is 0 Å². The number of alkyl carbamates (subject to hydrolysis) is 1. The third kappa shape index (κ3) is 3.37. The van der Waals surface area contributed by atoms with Crippen molar-refractivity contribution in [2.24, 2.45) is 16.6 Å². The molecule has 0 heterocycles. The van der Waals surface area contributed by atoms with Crippen LogP contribution in [0.4, 0.5) is 4.79 Å². The van der Waals surface area contributed by atoms with Gasteiger partial charge in [-0.25, -0.2) is 4.79 Å². The lowest BCUT2D eigenvalue weighted by atomic mass is 9.63. The summed E-state index contributed by atoms with van der Waals surface area (Å²) in [5, 5.41) is 2.90. The largest absolute Gasteiger partial charge is 0.453 e. The van der Waals surface area contributed by atoms with E-state index in [0.717, 1.165) is 19.3 Å². The van der Waals surface area contributed by atoms with E-state index in [9.17, 15) is 4.79 Å². The monoisotopic (exact) mass is 228 g/mol. The number of nitrogens with two attached hydrogens (primary N) is 1. The Morgan fingerprint density at radius 1 is 1.44 bits per heavy atom. The van der Waals surface area contributed by atoms with Crippen molar-refractivity contribution in [3.63, 3.8) is 0 Å². The summed E-state index contributed by atoms with van der Waals surface area (Å²) in [7, 11) is 1.39. The average molecular weight is 228 g/mol. The number of hydrogen-bond acceptors (Lipinski definition) is 3. The second kappa shape index (κ2) is 4.62. The van der Waals surface area contributed by atoms with Crippen molar-refractivity contribution < 1.29 is 9.53 Å². The number of methoxy groups -OCH3 is 1. The lowest BCUT2D eigenvalue weighted by Gasteiger charge is -2.46. The molecule has 2 unspecified atom stereocenters. The maximum absolute atomic E-state index is 11.2. The van der Waals surface area contributed by atoms with E-state index in [2.05, 4.69) is 30.8 Å². The lowest BCUT2D eigenvalue weighted by Crippen LogP contribution is -2.49. The van der Waals surface area contributed by atoms with Crippen LogP contribution in [0.5, 0.6) is 0 Å². The molecular formula is C12H24N2O2. The second-order valence-electron chi connectivity index (χ2n) is 6.10. The molecule has 94 valence electrons. The van der Waals surface area contributed by atoms with Gasteiger partial charge in [0.05, 0.1) is 7.11 Å². The first kappa shape index (κ1) is 13.3. The highest BCUT2D eigenvalue weighted by Crippen LogP contribution is 2.45. The van der Waals surface area contributed by atoms with E-state index in [1.807, 2.05) is 0 Å². The van der Waals surface area contributed by atoms with Crippen LogP contribution in [0.25, 0.3) is 0 Å². The molecule has 4 heteroatoms. The van der Waals surface area contributed by atoms with E-state index >= 15 is 0 Å². The number of ether oxygens (including phenoxy) is 1. The van der Waals surface area contributed by atoms with Crippen molar-refractivity contribution in [1.82, 2.24) is 5.32 Å². The number of nitrogens with one attached hydrogen (secondary N) is 1. The molecule has 3 N–H and O–H groups in total. The first-order chi connectivity index (χ1) is 7.30. The molecule has 0 aromatic rings. The summed E-state index contributed by atoms with van der Waals surface area (Å²) in [5.41, 5.74) is 6.18. The van der Waals surface area contributed by atoms with Gasteiger partial charge in [0, 0.05) is 6.04 Å². The minimum atomic E-state index is -0.345. The third-order valence-corrected chi connectivity index (χ3v) is 3.44. The van der Waals surface area contributed by atoms with Crippen molar-refractivity contribution in [3.05, 3.63) is 0 Å². The van der Waals surface area contributed by atoms with Crippen molar-refractivity contribution in [3.8, 4) is 0 Å². The van der Waals surface area contributed by atoms with E-state index in [0.29, 0.717) is 6.54 Å². The predicted molar refractivity (Wildman–Crippen MR) is 64.1 cm³/mol. The molecule has 1 aliphatic rings. The van der Waals surface area contributed by atoms with Crippen molar-refractivity contribution in [2.45, 2.75) is 46.1 Å². The highest BCUT2D eigenvalue weighted by Gasteiger charge is 2.40. The molecule has 1 fully saturated rings. The molecule has 1 aliphatic carbocycles. The fourth-order valence-corrected chi connectivity index (χ4v) is 3.12. The summed E-state index contributed by atoms with van der Waals surface area (Å²) >= 11 is 0. The molecule has 0 bridgehead atoms. The molecule has 16 heavy (non-hydrogen) atoms. The zero-order chi connectivity index (χ0) is 12.4. The first-order valence-electron chi connectivity index (χ1n) is 5.85. The van der Waals surface area contributed by atoms with Gasteiger partial charge in [0.2, 0.25) is 0 Å². The Morgan fingerprint density at radius 2 is 2.06 bits per heavy atom. The maximum atomic E-state index is 11.2. The highest BCUT2D eigenvalue weighted by molar-refractivity contribution is 5.67. The highest BCUT2D eigenvalue weighted by atomic mass is 16.5. The summed E-state index contributed by atoms with van der Waals surface area (Å²) < 4.78 is 4.64. The van der Waals surface area contributed by atoms with Crippen LogP contribution in [0.3, 0.4) is 0 Å². The van der Waals surface area contributed by atoms with Crippen LogP contribution in [0.15, 0.2) is 0 Å². The van der Waals surface area contributed by atoms with Gasteiger partial charge in [-0.15, -0.1) is 0 Å². The zero-order valence-corrected chi connectivity index (χ0v) is 10.8. The lowest BCUT2D eigenvalue weighted by molar-refractivity contribution is 0.0740. The molecule has 4 nitrogen and oxygen atoms in total. The van der Waals surface area contributed by atoms with Gasteiger partial charge in [-0.05, 0) is 36.6 Å². The summed E-state index contributed by atoms with van der Waals surface area (Å²) in [4.78, 5) is 11.2. The van der Waals surface area contributed by atoms with Gasteiger partial charge in [0.1, 0.15) is 0 Å². The van der Waals surface area contributed by atoms with E-state index in [1.165, 1.54) is 7.11 Å². The minimum absolute atomic E-state index is 0.118. The Morgan fingerprint density at radius 3 is 2.56 bits per heavy atom. The van der Waals surface area contributed by atoms with Gasteiger partial charge >= 0.3 is 6.09 Å². The molecule has 2 atom stereocenters. The van der Waals surface area contributed by atoms with Gasteiger partial charge in [0.15, 0.2) is 0 Å². The third-order valence-electron chi connectivity index (χ3n) is 3.44. The Labute approximate surface area is 97.9 Å². The first-order valence-corrected chi connectivity index (χ1v) is 5.85. The molecular weight excluding hydrogens is 204 g/mol. The molecule has 1 amide bonds. The molecule has 0 aromatic carbocycles. The molecule has 0 radical (unpaired) electrons. The van der Waals surface area contributed by atoms with Gasteiger partial charge in [-0.3, -0.25) is 0 Å². The molecule has 0 aromatic heterocycles. The number of rotatable bonds is 2. The Bertz CT molecular complexity index is 266. The zero-order valence-electron chi connectivity index (χ0n) is 10.8. The fraction of sp³-hybridized carbons (Fsp3) is 0.917. The summed E-state index contributed by atoms with van der Waals surface area (Å²) in [6.07, 6.45) is 2.68. The van der Waals surface area contributed by atoms with Crippen LogP contribution in [0.1, 0.15) is 40.0 Å². The SMILES string of the molecule is COC(=O)NC1CC(C)(C)CC(C)(CN)C1. The number of carbonyl (C=O) groups excluding carboxylic acids is 1. The van der Waals surface area contributed by atoms with Gasteiger partial charge in [-0.1, -0.05) is 20.8 Å². The fourth-order valence-electron chi connectivity index (χ4n) is 3.12. The van der Waals surface area contributed by atoms with Crippen LogP contribution in [-0.4, -0.2) is 25.8 Å². The summed E-state index contributed by atoms with van der Waals surface area (Å²) in [6, 6.07) is 0.171. The Kier molecular flexibility index (Phi) is 3.84. The van der Waals surface area contributed by atoms with Gasteiger partial charge in [0.25, 0.3) is 0 Å². The molecule has 0 aliphatic heterocycles. The van der Waals surface area contributed by atoms with E-state index in [-0.39, 0.29) is 23.0 Å². The standard InChI is InChI=1S/C12H24N2O2/c1-11(2)5-9(14-10(15)16-4)6-12(3,7-11)8-13/h9H,5-8,13H2,1-4H3,(H,14,15). The van der Waals surface area contributed by atoms with Crippen molar-refractivity contribution in [1.29, 1.82) is 0 Å². The van der Waals surface area contributed by atoms with Crippen molar-refractivity contribution in [2.75, 3.05) is 13.7 Å². The molecule has 1 rings (SSSR count). The summed E-state index contributed by atoms with van der Waals surface area (Å²) in [6.45, 7) is 7.31. The van der Waals surface area contributed by atoms with Crippen LogP contribution < -0.4 is 11.1 Å². The van der Waals surface area contributed by atoms with Gasteiger partial charge < -0.3 is 15.8 Å². The molecule has 0 saturated heterocycles. The van der Waals surface area contributed by atoms with Gasteiger partial charge in [-0.2, -0.15) is 0 Å². The maximum Gasteiger partial charge on any atom is 0.407 e. The van der Waals surface area contributed by atoms with Crippen LogP contribution in [0, 0.1) is 10.8 Å². The summed E-state index contributed by atoms with van der Waals surface area (Å²) in [5.74, 6) is 0. The van der Waals surface area contributed by atoms with E-state index in [4.69, 9.17) is 5.73 Å². The van der Waals surface area contributed by atoms with E-state index < -0.39 is 0 Å². The van der Waals surface area contributed by atoms with Crippen LogP contribution >= 0.6 is 0 Å².